The van der Waals surface area contributed by atoms with Crippen molar-refractivity contribution in [2.75, 3.05) is 6.54 Å². The van der Waals surface area contributed by atoms with E-state index in [1.807, 2.05) is 42.5 Å². The Morgan fingerprint density at radius 2 is 1.92 bits per heavy atom. The van der Waals surface area contributed by atoms with Crippen LogP contribution in [0, 0.1) is 0 Å². The summed E-state index contributed by atoms with van der Waals surface area (Å²) in [6, 6.07) is 17.9. The minimum absolute atomic E-state index is 0.0625. The molecule has 0 fully saturated rings. The lowest BCUT2D eigenvalue weighted by atomic mass is 9.97. The van der Waals surface area contributed by atoms with Crippen LogP contribution in [0.1, 0.15) is 28.5 Å². The van der Waals surface area contributed by atoms with Crippen molar-refractivity contribution < 1.29 is 4.79 Å². The largest absolute Gasteiger partial charge is 0.312 e. The molecule has 0 bridgehead atoms. The summed E-state index contributed by atoms with van der Waals surface area (Å²) in [7, 11) is 0. The highest BCUT2D eigenvalue weighted by molar-refractivity contribution is 6.33. The number of hydrogen-bond acceptors (Lipinski definition) is 2. The van der Waals surface area contributed by atoms with Crippen molar-refractivity contribution in [1.82, 2.24) is 9.88 Å². The number of hydrogen-bond donors (Lipinski definition) is 1. The van der Waals surface area contributed by atoms with E-state index in [0.717, 1.165) is 36.3 Å². The Kier molecular flexibility index (Phi) is 4.20. The number of benzene rings is 2. The van der Waals surface area contributed by atoms with E-state index in [1.165, 1.54) is 11.3 Å². The summed E-state index contributed by atoms with van der Waals surface area (Å²) < 4.78 is 2.15. The molecular weight excluding hydrogens is 332 g/mol. The number of fused-ring (bicyclic) bond motifs is 1. The van der Waals surface area contributed by atoms with Crippen molar-refractivity contribution in [2.24, 2.45) is 0 Å². The van der Waals surface area contributed by atoms with Gasteiger partial charge in [-0.15, -0.1) is 0 Å². The fraction of sp³-hybridized carbons (Fsp3) is 0.190. The number of carbonyl (C=O) groups excluding carboxylic acids is 1. The van der Waals surface area contributed by atoms with Crippen molar-refractivity contribution in [3.63, 3.8) is 0 Å². The Morgan fingerprint density at radius 3 is 2.68 bits per heavy atom. The lowest BCUT2D eigenvalue weighted by Crippen LogP contribution is -2.24. The molecule has 0 aliphatic carbocycles. The van der Waals surface area contributed by atoms with Crippen LogP contribution in [-0.4, -0.2) is 16.9 Å². The third-order valence-corrected chi connectivity index (χ3v) is 5.09. The molecule has 0 saturated heterocycles. The number of halogens is 1. The van der Waals surface area contributed by atoms with E-state index < -0.39 is 0 Å². The Morgan fingerprint density at radius 1 is 1.12 bits per heavy atom. The zero-order chi connectivity index (χ0) is 17.4. The lowest BCUT2D eigenvalue weighted by Gasteiger charge is -2.17. The SMILES string of the molecule is CC(=O)c1cccc(-c2c3c(n(-c4ccccc4)c2Cl)CCNC3)c1. The molecule has 3 aromatic rings. The van der Waals surface area contributed by atoms with E-state index in [-0.39, 0.29) is 5.78 Å². The molecule has 0 spiro atoms. The van der Waals surface area contributed by atoms with E-state index in [1.54, 1.807) is 6.92 Å². The van der Waals surface area contributed by atoms with E-state index in [2.05, 4.69) is 22.0 Å². The van der Waals surface area contributed by atoms with E-state index >= 15 is 0 Å². The molecule has 2 heterocycles. The molecule has 1 aliphatic heterocycles. The summed E-state index contributed by atoms with van der Waals surface area (Å²) in [5.74, 6) is 0.0625. The maximum absolute atomic E-state index is 11.8. The number of para-hydroxylation sites is 1. The van der Waals surface area contributed by atoms with Crippen LogP contribution in [-0.2, 0) is 13.0 Å². The van der Waals surface area contributed by atoms with Gasteiger partial charge in [-0.3, -0.25) is 4.79 Å². The average molecular weight is 351 g/mol. The Balaban J connectivity index is 1.96. The Bertz CT molecular complexity index is 944. The van der Waals surface area contributed by atoms with E-state index in [0.29, 0.717) is 10.7 Å². The molecule has 0 unspecified atom stereocenters. The van der Waals surface area contributed by atoms with E-state index in [9.17, 15) is 4.79 Å². The van der Waals surface area contributed by atoms with Crippen LogP contribution in [0.15, 0.2) is 54.6 Å². The maximum Gasteiger partial charge on any atom is 0.159 e. The molecule has 0 radical (unpaired) electrons. The molecule has 2 aromatic carbocycles. The summed E-state index contributed by atoms with van der Waals surface area (Å²) in [6.07, 6.45) is 0.927. The molecular formula is C21H19ClN2O. The van der Waals surface area contributed by atoms with E-state index in [4.69, 9.17) is 11.6 Å². The third-order valence-electron chi connectivity index (χ3n) is 4.74. The maximum atomic E-state index is 11.8. The zero-order valence-corrected chi connectivity index (χ0v) is 14.8. The van der Waals surface area contributed by atoms with Gasteiger partial charge >= 0.3 is 0 Å². The monoisotopic (exact) mass is 350 g/mol. The molecule has 0 amide bonds. The zero-order valence-electron chi connectivity index (χ0n) is 14.1. The second-order valence-electron chi connectivity index (χ2n) is 6.33. The number of aromatic nitrogens is 1. The third kappa shape index (κ3) is 2.80. The number of ketones is 1. The fourth-order valence-electron chi connectivity index (χ4n) is 3.54. The molecule has 0 atom stereocenters. The van der Waals surface area contributed by atoms with Crippen molar-refractivity contribution >= 4 is 17.4 Å². The smallest absolute Gasteiger partial charge is 0.159 e. The Labute approximate surface area is 152 Å². The second kappa shape index (κ2) is 6.51. The number of nitrogens with one attached hydrogen (secondary N) is 1. The molecule has 4 heteroatoms. The molecule has 3 nitrogen and oxygen atoms in total. The van der Waals surface area contributed by atoms with Gasteiger partial charge in [0, 0.05) is 42.0 Å². The molecule has 126 valence electrons. The first-order valence-corrected chi connectivity index (χ1v) is 8.84. The number of carbonyl (C=O) groups is 1. The lowest BCUT2D eigenvalue weighted by molar-refractivity contribution is 0.101. The standard InChI is InChI=1S/C21H19ClN2O/c1-14(25)15-6-5-7-16(12-15)20-18-13-23-11-10-19(18)24(21(20)22)17-8-3-2-4-9-17/h2-9,12,23H,10-11,13H2,1H3. The summed E-state index contributed by atoms with van der Waals surface area (Å²) in [6.45, 7) is 3.31. The highest BCUT2D eigenvalue weighted by Crippen LogP contribution is 2.39. The first-order chi connectivity index (χ1) is 12.2. The van der Waals surface area contributed by atoms with Crippen LogP contribution in [0.2, 0.25) is 5.15 Å². The first kappa shape index (κ1) is 16.1. The normalized spacial score (nSPS) is 13.5. The molecule has 1 N–H and O–H groups in total. The summed E-state index contributed by atoms with van der Waals surface area (Å²) in [5.41, 5.74) is 6.26. The van der Waals surface area contributed by atoms with Gasteiger partial charge in [0.15, 0.2) is 5.78 Å². The van der Waals surface area contributed by atoms with Crippen LogP contribution >= 0.6 is 11.6 Å². The van der Waals surface area contributed by atoms with Gasteiger partial charge in [0.1, 0.15) is 5.15 Å². The highest BCUT2D eigenvalue weighted by Gasteiger charge is 2.25. The van der Waals surface area contributed by atoms with Crippen LogP contribution in [0.3, 0.4) is 0 Å². The topological polar surface area (TPSA) is 34.0 Å². The summed E-state index contributed by atoms with van der Waals surface area (Å²) in [4.78, 5) is 11.8. The van der Waals surface area contributed by atoms with Crippen LogP contribution in [0.5, 0.6) is 0 Å². The highest BCUT2D eigenvalue weighted by atomic mass is 35.5. The summed E-state index contributed by atoms with van der Waals surface area (Å²) in [5, 5.41) is 4.15. The molecule has 4 rings (SSSR count). The molecule has 25 heavy (non-hydrogen) atoms. The minimum Gasteiger partial charge on any atom is -0.312 e. The van der Waals surface area contributed by atoms with Crippen LogP contribution in [0.25, 0.3) is 16.8 Å². The van der Waals surface area contributed by atoms with Gasteiger partial charge in [0.25, 0.3) is 0 Å². The van der Waals surface area contributed by atoms with Gasteiger partial charge in [-0.25, -0.2) is 0 Å². The first-order valence-electron chi connectivity index (χ1n) is 8.46. The average Bonchev–Trinajstić information content (AvgIpc) is 2.94. The van der Waals surface area contributed by atoms with Crippen LogP contribution in [0.4, 0.5) is 0 Å². The predicted octanol–water partition coefficient (Wildman–Crippen LogP) is 4.65. The fourth-order valence-corrected chi connectivity index (χ4v) is 3.96. The summed E-state index contributed by atoms with van der Waals surface area (Å²) >= 11 is 6.87. The molecule has 1 aromatic heterocycles. The van der Waals surface area contributed by atoms with Gasteiger partial charge < -0.3 is 9.88 Å². The molecule has 0 saturated carbocycles. The second-order valence-corrected chi connectivity index (χ2v) is 6.68. The van der Waals surface area contributed by atoms with Crippen molar-refractivity contribution in [2.45, 2.75) is 19.9 Å². The quantitative estimate of drug-likeness (QED) is 0.698. The van der Waals surface area contributed by atoms with Gasteiger partial charge in [0.2, 0.25) is 0 Å². The predicted molar refractivity (Wildman–Crippen MR) is 102 cm³/mol. The van der Waals surface area contributed by atoms with Gasteiger partial charge in [-0.1, -0.05) is 48.0 Å². The van der Waals surface area contributed by atoms with Crippen molar-refractivity contribution in [3.05, 3.63) is 76.6 Å². The Hall–Kier alpha value is -2.36. The van der Waals surface area contributed by atoms with Gasteiger partial charge in [-0.2, -0.15) is 0 Å². The number of Topliss-reactive ketones (excluding diaryl/α,β-unsaturated/α-hetero) is 1. The minimum atomic E-state index is 0.0625. The van der Waals surface area contributed by atoms with Gasteiger partial charge in [-0.05, 0) is 36.2 Å². The van der Waals surface area contributed by atoms with Crippen LogP contribution < -0.4 is 5.32 Å². The molecule has 1 aliphatic rings. The number of nitrogens with zero attached hydrogens (tertiary/aromatic N) is 1. The number of rotatable bonds is 3. The van der Waals surface area contributed by atoms with Crippen molar-refractivity contribution in [1.29, 1.82) is 0 Å². The van der Waals surface area contributed by atoms with Gasteiger partial charge in [0.05, 0.1) is 0 Å². The van der Waals surface area contributed by atoms with Crippen molar-refractivity contribution in [3.8, 4) is 16.8 Å².